The number of methoxy groups -OCH3 is 1. The Morgan fingerprint density at radius 2 is 2.11 bits per heavy atom. The number of halogens is 2. The predicted molar refractivity (Wildman–Crippen MR) is 105 cm³/mol. The molecule has 0 unspecified atom stereocenters. The molecule has 28 heavy (non-hydrogen) atoms. The molecule has 0 spiro atoms. The lowest BCUT2D eigenvalue weighted by atomic mass is 9.85. The first-order chi connectivity index (χ1) is 13.5. The molecule has 1 aliphatic rings. The van der Waals surface area contributed by atoms with Crippen LogP contribution in [-0.2, 0) is 6.61 Å². The van der Waals surface area contributed by atoms with Gasteiger partial charge in [-0.1, -0.05) is 18.0 Å². The third-order valence-corrected chi connectivity index (χ3v) is 5.30. The minimum atomic E-state index is -0.379. The summed E-state index contributed by atoms with van der Waals surface area (Å²) in [5.74, 6) is 2.14. The summed E-state index contributed by atoms with van der Waals surface area (Å²) in [6.45, 7) is 1.82. The van der Waals surface area contributed by atoms with Crippen LogP contribution in [-0.4, -0.2) is 22.1 Å². The van der Waals surface area contributed by atoms with Crippen LogP contribution in [0.2, 0.25) is 5.15 Å². The standard InChI is InChI=1S/C21H21ClFN3O2/c1-12-8-16(23)17(24-10-12)11-28-14-6-7-15(18(9-14)27-2)19-20(22)26-21(25-19)13-4-3-5-13/h6-10,13H,3-5,11H2,1-2H3,(H,25,26). The molecule has 0 saturated heterocycles. The monoisotopic (exact) mass is 401 g/mol. The zero-order valence-electron chi connectivity index (χ0n) is 15.8. The smallest absolute Gasteiger partial charge is 0.148 e. The molecule has 1 saturated carbocycles. The Bertz CT molecular complexity index is 1000. The molecule has 146 valence electrons. The number of aromatic nitrogens is 3. The number of rotatable bonds is 6. The first kappa shape index (κ1) is 18.7. The van der Waals surface area contributed by atoms with E-state index in [4.69, 9.17) is 21.1 Å². The second-order valence-electron chi connectivity index (χ2n) is 7.00. The van der Waals surface area contributed by atoms with Gasteiger partial charge in [0.15, 0.2) is 0 Å². The zero-order valence-corrected chi connectivity index (χ0v) is 16.5. The fourth-order valence-corrected chi connectivity index (χ4v) is 3.44. The van der Waals surface area contributed by atoms with Crippen LogP contribution in [0.3, 0.4) is 0 Å². The molecule has 4 rings (SSSR count). The zero-order chi connectivity index (χ0) is 19.7. The van der Waals surface area contributed by atoms with E-state index in [9.17, 15) is 4.39 Å². The van der Waals surface area contributed by atoms with Crippen LogP contribution in [0.25, 0.3) is 11.3 Å². The van der Waals surface area contributed by atoms with Gasteiger partial charge in [0.2, 0.25) is 0 Å². The average molecular weight is 402 g/mol. The third kappa shape index (κ3) is 3.69. The van der Waals surface area contributed by atoms with Crippen molar-refractivity contribution in [3.63, 3.8) is 0 Å². The number of nitrogens with zero attached hydrogens (tertiary/aromatic N) is 2. The van der Waals surface area contributed by atoms with E-state index in [1.165, 1.54) is 12.5 Å². The van der Waals surface area contributed by atoms with Crippen molar-refractivity contribution in [3.8, 4) is 22.8 Å². The van der Waals surface area contributed by atoms with Gasteiger partial charge in [-0.25, -0.2) is 9.37 Å². The van der Waals surface area contributed by atoms with Crippen LogP contribution < -0.4 is 9.47 Å². The number of pyridine rings is 1. The summed E-state index contributed by atoms with van der Waals surface area (Å²) in [5.41, 5.74) is 2.47. The Labute approximate surface area is 167 Å². The van der Waals surface area contributed by atoms with Crippen LogP contribution in [0.15, 0.2) is 30.5 Å². The van der Waals surface area contributed by atoms with Crippen LogP contribution in [0.5, 0.6) is 11.5 Å². The maximum absolute atomic E-state index is 13.9. The van der Waals surface area contributed by atoms with Gasteiger partial charge in [0.05, 0.1) is 7.11 Å². The Morgan fingerprint density at radius 1 is 1.29 bits per heavy atom. The molecule has 0 aliphatic heterocycles. The van der Waals surface area contributed by atoms with Crippen molar-refractivity contribution in [3.05, 3.63) is 58.5 Å². The molecule has 5 nitrogen and oxygen atoms in total. The van der Waals surface area contributed by atoms with Crippen LogP contribution in [0, 0.1) is 12.7 Å². The van der Waals surface area contributed by atoms with Gasteiger partial charge in [-0.2, -0.15) is 0 Å². The molecular weight excluding hydrogens is 381 g/mol. The second kappa shape index (κ2) is 7.80. The topological polar surface area (TPSA) is 60.0 Å². The van der Waals surface area contributed by atoms with Crippen LogP contribution in [0.4, 0.5) is 4.39 Å². The number of H-pyrrole nitrogens is 1. The SMILES string of the molecule is COc1cc(OCc2ncc(C)cc2F)ccc1-c1nc(C2CCC2)[nH]c1Cl. The van der Waals surface area contributed by atoms with E-state index in [2.05, 4.69) is 15.0 Å². The van der Waals surface area contributed by atoms with Crippen molar-refractivity contribution in [2.45, 2.75) is 38.7 Å². The number of aromatic amines is 1. The van der Waals surface area contributed by atoms with Crippen molar-refractivity contribution < 1.29 is 13.9 Å². The molecule has 0 atom stereocenters. The molecule has 3 aromatic rings. The van der Waals surface area contributed by atoms with Gasteiger partial charge in [-0.15, -0.1) is 0 Å². The molecule has 1 aromatic carbocycles. The lowest BCUT2D eigenvalue weighted by molar-refractivity contribution is 0.292. The Hall–Kier alpha value is -2.60. The average Bonchev–Trinajstić information content (AvgIpc) is 3.00. The van der Waals surface area contributed by atoms with Gasteiger partial charge in [0.25, 0.3) is 0 Å². The van der Waals surface area contributed by atoms with E-state index in [0.717, 1.165) is 29.8 Å². The van der Waals surface area contributed by atoms with Gasteiger partial charge in [0, 0.05) is 23.7 Å². The maximum atomic E-state index is 13.9. The van der Waals surface area contributed by atoms with E-state index in [0.29, 0.717) is 28.3 Å². The van der Waals surface area contributed by atoms with Crippen molar-refractivity contribution in [2.75, 3.05) is 7.11 Å². The van der Waals surface area contributed by atoms with E-state index in [1.54, 1.807) is 32.4 Å². The first-order valence-electron chi connectivity index (χ1n) is 9.22. The molecular formula is C21H21ClFN3O2. The minimum absolute atomic E-state index is 0.0314. The molecule has 2 aromatic heterocycles. The van der Waals surface area contributed by atoms with Crippen molar-refractivity contribution in [1.29, 1.82) is 0 Å². The van der Waals surface area contributed by atoms with Crippen molar-refractivity contribution in [2.24, 2.45) is 0 Å². The fourth-order valence-electron chi connectivity index (χ4n) is 3.20. The summed E-state index contributed by atoms with van der Waals surface area (Å²) in [5, 5.41) is 0.500. The summed E-state index contributed by atoms with van der Waals surface area (Å²) >= 11 is 6.39. The highest BCUT2D eigenvalue weighted by atomic mass is 35.5. The number of hydrogen-bond acceptors (Lipinski definition) is 4. The number of ether oxygens (including phenoxy) is 2. The summed E-state index contributed by atoms with van der Waals surface area (Å²) in [6, 6.07) is 6.82. The van der Waals surface area contributed by atoms with Crippen LogP contribution in [0.1, 0.15) is 42.3 Å². The van der Waals surface area contributed by atoms with Gasteiger partial charge in [0.1, 0.15) is 46.3 Å². The molecule has 0 bridgehead atoms. The Kier molecular flexibility index (Phi) is 5.22. The Balaban J connectivity index is 1.55. The number of imidazole rings is 1. The van der Waals surface area contributed by atoms with Crippen molar-refractivity contribution >= 4 is 11.6 Å². The second-order valence-corrected chi connectivity index (χ2v) is 7.38. The van der Waals surface area contributed by atoms with Gasteiger partial charge in [-0.3, -0.25) is 4.98 Å². The van der Waals surface area contributed by atoms with E-state index >= 15 is 0 Å². The Morgan fingerprint density at radius 3 is 2.79 bits per heavy atom. The number of hydrogen-bond donors (Lipinski definition) is 1. The highest BCUT2D eigenvalue weighted by Crippen LogP contribution is 2.40. The summed E-state index contributed by atoms with van der Waals surface area (Å²) < 4.78 is 25.2. The first-order valence-corrected chi connectivity index (χ1v) is 9.60. The molecule has 2 heterocycles. The van der Waals surface area contributed by atoms with E-state index < -0.39 is 0 Å². The molecule has 0 radical (unpaired) electrons. The van der Waals surface area contributed by atoms with E-state index in [1.807, 2.05) is 6.07 Å². The van der Waals surface area contributed by atoms with E-state index in [-0.39, 0.29) is 18.1 Å². The lowest BCUT2D eigenvalue weighted by Gasteiger charge is -2.22. The normalized spacial score (nSPS) is 14.0. The highest BCUT2D eigenvalue weighted by Gasteiger charge is 2.25. The molecule has 1 N–H and O–H groups in total. The number of benzene rings is 1. The highest BCUT2D eigenvalue weighted by molar-refractivity contribution is 6.32. The molecule has 1 aliphatic carbocycles. The van der Waals surface area contributed by atoms with Gasteiger partial charge in [-0.05, 0) is 43.5 Å². The lowest BCUT2D eigenvalue weighted by Crippen LogP contribution is -2.10. The molecule has 7 heteroatoms. The van der Waals surface area contributed by atoms with Crippen molar-refractivity contribution in [1.82, 2.24) is 15.0 Å². The molecule has 0 amide bonds. The summed E-state index contributed by atoms with van der Waals surface area (Å²) in [7, 11) is 1.58. The van der Waals surface area contributed by atoms with Gasteiger partial charge >= 0.3 is 0 Å². The van der Waals surface area contributed by atoms with Gasteiger partial charge < -0.3 is 14.5 Å². The quantitative estimate of drug-likeness (QED) is 0.598. The third-order valence-electron chi connectivity index (χ3n) is 5.03. The number of nitrogens with one attached hydrogen (secondary N) is 1. The predicted octanol–water partition coefficient (Wildman–Crippen LogP) is 5.43. The summed E-state index contributed by atoms with van der Waals surface area (Å²) in [4.78, 5) is 12.0. The minimum Gasteiger partial charge on any atom is -0.496 e. The summed E-state index contributed by atoms with van der Waals surface area (Å²) in [6.07, 6.45) is 5.11. The number of aryl methyl sites for hydroxylation is 1. The maximum Gasteiger partial charge on any atom is 0.148 e. The largest absolute Gasteiger partial charge is 0.496 e. The molecule has 1 fully saturated rings. The fraction of sp³-hybridized carbons (Fsp3) is 0.333. The van der Waals surface area contributed by atoms with Crippen LogP contribution >= 0.6 is 11.6 Å².